The summed E-state index contributed by atoms with van der Waals surface area (Å²) in [6.45, 7) is 5.03. The number of thioether (sulfide) groups is 1. The summed E-state index contributed by atoms with van der Waals surface area (Å²) in [4.78, 5) is 31.0. The van der Waals surface area contributed by atoms with Gasteiger partial charge in [-0.05, 0) is 26.0 Å². The molecule has 0 atom stereocenters. The normalized spacial score (nSPS) is 10.6. The van der Waals surface area contributed by atoms with E-state index in [1.807, 2.05) is 26.0 Å². The number of nitrogens with two attached hydrogens (primary N) is 1. The van der Waals surface area contributed by atoms with Crippen molar-refractivity contribution >= 4 is 29.2 Å². The number of nitrogen functional groups attached to an aromatic ring is 1. The van der Waals surface area contributed by atoms with Gasteiger partial charge in [0.25, 0.3) is 11.5 Å². The van der Waals surface area contributed by atoms with Gasteiger partial charge in [0.15, 0.2) is 11.0 Å². The molecule has 1 aromatic carbocycles. The Morgan fingerprint density at radius 3 is 2.71 bits per heavy atom. The van der Waals surface area contributed by atoms with Gasteiger partial charge in [-0.2, -0.15) is 0 Å². The van der Waals surface area contributed by atoms with E-state index in [9.17, 15) is 9.59 Å². The number of hydrogen-bond acceptors (Lipinski definition) is 6. The van der Waals surface area contributed by atoms with Crippen LogP contribution in [0, 0.1) is 6.92 Å². The zero-order valence-electron chi connectivity index (χ0n) is 13.6. The van der Waals surface area contributed by atoms with Crippen LogP contribution in [0.3, 0.4) is 0 Å². The van der Waals surface area contributed by atoms with E-state index in [1.54, 1.807) is 12.1 Å². The minimum absolute atomic E-state index is 0.0156. The Labute approximate surface area is 144 Å². The lowest BCUT2D eigenvalue weighted by atomic mass is 10.1. The minimum atomic E-state index is -0.484. The van der Waals surface area contributed by atoms with Crippen LogP contribution in [-0.2, 0) is 4.74 Å². The number of nitrogens with one attached hydrogen (secondary N) is 2. The quantitative estimate of drug-likeness (QED) is 0.401. The van der Waals surface area contributed by atoms with Gasteiger partial charge >= 0.3 is 0 Å². The SMILES string of the molecule is CCOCCSc1nc(N)c(NC(=O)c2ccc(C)cc2)c(=O)[nH]1. The van der Waals surface area contributed by atoms with Crippen LogP contribution >= 0.6 is 11.8 Å². The van der Waals surface area contributed by atoms with Gasteiger partial charge in [-0.25, -0.2) is 4.98 Å². The van der Waals surface area contributed by atoms with Crippen LogP contribution in [0.5, 0.6) is 0 Å². The summed E-state index contributed by atoms with van der Waals surface area (Å²) in [6.07, 6.45) is 0. The fourth-order valence-electron chi connectivity index (χ4n) is 1.89. The van der Waals surface area contributed by atoms with E-state index in [1.165, 1.54) is 11.8 Å². The molecule has 0 aliphatic carbocycles. The first kappa shape index (κ1) is 18.0. The average Bonchev–Trinajstić information content (AvgIpc) is 2.55. The molecule has 0 unspecified atom stereocenters. The maximum Gasteiger partial charge on any atom is 0.277 e. The highest BCUT2D eigenvalue weighted by Crippen LogP contribution is 2.17. The number of anilines is 2. The Hall–Kier alpha value is -2.32. The number of benzene rings is 1. The lowest BCUT2D eigenvalue weighted by Crippen LogP contribution is -2.23. The highest BCUT2D eigenvalue weighted by Gasteiger charge is 2.14. The van der Waals surface area contributed by atoms with Crippen LogP contribution in [0.15, 0.2) is 34.2 Å². The molecule has 0 saturated carbocycles. The first-order chi connectivity index (χ1) is 11.5. The second-order valence-electron chi connectivity index (χ2n) is 5.00. The Balaban J connectivity index is 2.09. The summed E-state index contributed by atoms with van der Waals surface area (Å²) in [5, 5.41) is 2.91. The molecule has 128 valence electrons. The molecule has 0 spiro atoms. The van der Waals surface area contributed by atoms with E-state index >= 15 is 0 Å². The monoisotopic (exact) mass is 348 g/mol. The Morgan fingerprint density at radius 1 is 1.38 bits per heavy atom. The van der Waals surface area contributed by atoms with Gasteiger partial charge < -0.3 is 15.8 Å². The number of ether oxygens (including phenoxy) is 1. The Bertz CT molecular complexity index is 759. The molecule has 8 heteroatoms. The topological polar surface area (TPSA) is 110 Å². The largest absolute Gasteiger partial charge is 0.382 e. The van der Waals surface area contributed by atoms with Crippen molar-refractivity contribution in [2.24, 2.45) is 0 Å². The number of nitrogens with zero attached hydrogens (tertiary/aromatic N) is 1. The molecular weight excluding hydrogens is 328 g/mol. The number of aromatic nitrogens is 2. The molecule has 1 amide bonds. The average molecular weight is 348 g/mol. The van der Waals surface area contributed by atoms with Crippen molar-refractivity contribution in [2.75, 3.05) is 30.0 Å². The van der Waals surface area contributed by atoms with Gasteiger partial charge in [0.1, 0.15) is 5.69 Å². The summed E-state index contributed by atoms with van der Waals surface area (Å²) in [5.41, 5.74) is 6.76. The van der Waals surface area contributed by atoms with Gasteiger partial charge in [-0.15, -0.1) is 0 Å². The van der Waals surface area contributed by atoms with Gasteiger partial charge in [-0.3, -0.25) is 14.6 Å². The molecule has 1 heterocycles. The van der Waals surface area contributed by atoms with Gasteiger partial charge in [0.2, 0.25) is 0 Å². The molecular formula is C16H20N4O3S. The Kier molecular flexibility index (Phi) is 6.39. The van der Waals surface area contributed by atoms with Crippen molar-refractivity contribution in [3.05, 3.63) is 45.7 Å². The zero-order chi connectivity index (χ0) is 17.5. The molecule has 0 aliphatic heterocycles. The lowest BCUT2D eigenvalue weighted by molar-refractivity contribution is 0.102. The summed E-state index contributed by atoms with van der Waals surface area (Å²) in [7, 11) is 0. The third-order valence-electron chi connectivity index (χ3n) is 3.15. The van der Waals surface area contributed by atoms with Gasteiger partial charge in [-0.1, -0.05) is 29.5 Å². The highest BCUT2D eigenvalue weighted by molar-refractivity contribution is 7.99. The van der Waals surface area contributed by atoms with Crippen LogP contribution in [-0.4, -0.2) is 34.8 Å². The van der Waals surface area contributed by atoms with Crippen LogP contribution in [0.1, 0.15) is 22.8 Å². The predicted molar refractivity (Wildman–Crippen MR) is 95.6 cm³/mol. The number of H-pyrrole nitrogens is 1. The van der Waals surface area contributed by atoms with Crippen molar-refractivity contribution in [3.8, 4) is 0 Å². The molecule has 0 radical (unpaired) electrons. The number of aryl methyl sites for hydroxylation is 1. The van der Waals surface area contributed by atoms with Crippen molar-refractivity contribution in [3.63, 3.8) is 0 Å². The molecule has 0 fully saturated rings. The second kappa shape index (κ2) is 8.51. The van der Waals surface area contributed by atoms with E-state index in [4.69, 9.17) is 10.5 Å². The number of carbonyl (C=O) groups is 1. The lowest BCUT2D eigenvalue weighted by Gasteiger charge is -2.08. The maximum atomic E-state index is 12.2. The molecule has 2 rings (SSSR count). The molecule has 1 aromatic heterocycles. The number of aromatic amines is 1. The maximum absolute atomic E-state index is 12.2. The minimum Gasteiger partial charge on any atom is -0.382 e. The Morgan fingerprint density at radius 2 is 2.08 bits per heavy atom. The smallest absolute Gasteiger partial charge is 0.277 e. The van der Waals surface area contributed by atoms with Gasteiger partial charge in [0.05, 0.1) is 6.61 Å². The van der Waals surface area contributed by atoms with E-state index in [-0.39, 0.29) is 11.5 Å². The number of rotatable bonds is 7. The standard InChI is InChI=1S/C16H20N4O3S/c1-3-23-8-9-24-16-19-13(17)12(15(22)20-16)18-14(21)11-6-4-10(2)5-7-11/h4-7H,3,8-9H2,1-2H3,(H,18,21)(H3,17,19,20,22). The second-order valence-corrected chi connectivity index (χ2v) is 6.08. The molecule has 0 bridgehead atoms. The van der Waals surface area contributed by atoms with Gasteiger partial charge in [0, 0.05) is 17.9 Å². The van der Waals surface area contributed by atoms with Crippen LogP contribution in [0.4, 0.5) is 11.5 Å². The van der Waals surface area contributed by atoms with Crippen LogP contribution in [0.2, 0.25) is 0 Å². The fourth-order valence-corrected chi connectivity index (χ4v) is 2.61. The van der Waals surface area contributed by atoms with E-state index in [0.717, 1.165) is 5.56 Å². The summed E-state index contributed by atoms with van der Waals surface area (Å²) < 4.78 is 5.22. The molecule has 0 saturated heterocycles. The molecule has 0 aliphatic rings. The number of hydrogen-bond donors (Lipinski definition) is 3. The first-order valence-electron chi connectivity index (χ1n) is 7.49. The van der Waals surface area contributed by atoms with Crippen molar-refractivity contribution in [2.45, 2.75) is 19.0 Å². The fraction of sp³-hybridized carbons (Fsp3) is 0.312. The molecule has 2 aromatic rings. The van der Waals surface area contributed by atoms with Crippen LogP contribution < -0.4 is 16.6 Å². The van der Waals surface area contributed by atoms with E-state index < -0.39 is 11.5 Å². The molecule has 24 heavy (non-hydrogen) atoms. The van der Waals surface area contributed by atoms with Crippen molar-refractivity contribution in [1.29, 1.82) is 0 Å². The summed E-state index contributed by atoms with van der Waals surface area (Å²) >= 11 is 1.33. The van der Waals surface area contributed by atoms with E-state index in [0.29, 0.717) is 29.7 Å². The summed E-state index contributed by atoms with van der Waals surface area (Å²) in [5.74, 6) is 0.217. The molecule has 4 N–H and O–H groups in total. The predicted octanol–water partition coefficient (Wildman–Crippen LogP) is 2.04. The summed E-state index contributed by atoms with van der Waals surface area (Å²) in [6, 6.07) is 7.00. The van der Waals surface area contributed by atoms with Crippen LogP contribution in [0.25, 0.3) is 0 Å². The number of amides is 1. The first-order valence-corrected chi connectivity index (χ1v) is 8.48. The number of carbonyl (C=O) groups excluding carboxylic acids is 1. The zero-order valence-corrected chi connectivity index (χ0v) is 14.4. The highest BCUT2D eigenvalue weighted by atomic mass is 32.2. The third kappa shape index (κ3) is 4.84. The third-order valence-corrected chi connectivity index (χ3v) is 3.99. The molecule has 7 nitrogen and oxygen atoms in total. The van der Waals surface area contributed by atoms with Crippen molar-refractivity contribution < 1.29 is 9.53 Å². The van der Waals surface area contributed by atoms with E-state index in [2.05, 4.69) is 15.3 Å². The van der Waals surface area contributed by atoms with Crippen molar-refractivity contribution in [1.82, 2.24) is 9.97 Å².